The van der Waals surface area contributed by atoms with Crippen LogP contribution in [-0.4, -0.2) is 50.2 Å². The van der Waals surface area contributed by atoms with Crippen molar-refractivity contribution >= 4 is 17.3 Å². The first-order chi connectivity index (χ1) is 12.7. The number of ether oxygens (including phenoxy) is 1. The molecule has 0 bridgehead atoms. The fourth-order valence-electron chi connectivity index (χ4n) is 3.35. The second kappa shape index (κ2) is 8.72. The maximum Gasteiger partial charge on any atom is 0.266 e. The van der Waals surface area contributed by atoms with Crippen molar-refractivity contribution < 1.29 is 9.53 Å². The number of carbonyl (C=O) groups is 1. The van der Waals surface area contributed by atoms with Crippen LogP contribution in [-0.2, 0) is 9.53 Å². The Kier molecular flexibility index (Phi) is 6.13. The maximum absolute atomic E-state index is 12.6. The van der Waals surface area contributed by atoms with E-state index in [4.69, 9.17) is 4.74 Å². The minimum atomic E-state index is -0.184. The third-order valence-electron chi connectivity index (χ3n) is 5.05. The molecular formula is C20H26N4O2. The van der Waals surface area contributed by atoms with E-state index in [1.54, 1.807) is 11.1 Å². The first-order valence-corrected chi connectivity index (χ1v) is 9.27. The van der Waals surface area contributed by atoms with Crippen LogP contribution in [0.4, 0.5) is 11.4 Å². The van der Waals surface area contributed by atoms with E-state index in [9.17, 15) is 10.1 Å². The zero-order valence-corrected chi connectivity index (χ0v) is 15.3. The number of nitrogens with zero attached hydrogens (tertiary/aromatic N) is 3. The molecule has 0 spiro atoms. The highest BCUT2D eigenvalue weighted by molar-refractivity contribution is 5.97. The van der Waals surface area contributed by atoms with Crippen LogP contribution in [0.25, 0.3) is 0 Å². The van der Waals surface area contributed by atoms with Gasteiger partial charge in [-0.1, -0.05) is 19.1 Å². The lowest BCUT2D eigenvalue weighted by Gasteiger charge is -2.31. The zero-order chi connectivity index (χ0) is 18.4. The van der Waals surface area contributed by atoms with Gasteiger partial charge in [0.05, 0.1) is 24.6 Å². The van der Waals surface area contributed by atoms with E-state index in [1.165, 1.54) is 0 Å². The predicted octanol–water partition coefficient (Wildman–Crippen LogP) is 2.60. The number of likely N-dealkylation sites (tertiary alicyclic amines) is 1. The smallest absolute Gasteiger partial charge is 0.266 e. The number of amides is 1. The van der Waals surface area contributed by atoms with Crippen molar-refractivity contribution in [2.75, 3.05) is 49.6 Å². The fourth-order valence-corrected chi connectivity index (χ4v) is 3.35. The highest BCUT2D eigenvalue weighted by Crippen LogP contribution is 2.26. The van der Waals surface area contributed by atoms with Crippen LogP contribution in [0.15, 0.2) is 36.0 Å². The standard InChI is InChI=1S/C20H26N4O2/c1-16-6-8-24(9-7-16)20(25)17(14-21)15-22-18-4-2-3-5-19(18)23-10-12-26-13-11-23/h2-5,15-16,22H,6-13H2,1H3/b17-15-. The highest BCUT2D eigenvalue weighted by atomic mass is 16.5. The number of rotatable bonds is 4. The molecule has 138 valence electrons. The van der Waals surface area contributed by atoms with Crippen molar-refractivity contribution in [3.8, 4) is 6.07 Å². The molecule has 0 saturated carbocycles. The summed E-state index contributed by atoms with van der Waals surface area (Å²) in [5.74, 6) is 0.461. The number of morpholine rings is 1. The van der Waals surface area contributed by atoms with Crippen LogP contribution in [0.3, 0.4) is 0 Å². The van der Waals surface area contributed by atoms with E-state index in [0.29, 0.717) is 19.1 Å². The maximum atomic E-state index is 12.6. The van der Waals surface area contributed by atoms with Crippen LogP contribution in [0.5, 0.6) is 0 Å². The van der Waals surface area contributed by atoms with Gasteiger partial charge in [-0.05, 0) is 30.9 Å². The third-order valence-corrected chi connectivity index (χ3v) is 5.05. The average Bonchev–Trinajstić information content (AvgIpc) is 2.70. The second-order valence-electron chi connectivity index (χ2n) is 6.91. The van der Waals surface area contributed by atoms with Gasteiger partial charge in [-0.2, -0.15) is 5.26 Å². The zero-order valence-electron chi connectivity index (χ0n) is 15.3. The van der Waals surface area contributed by atoms with Crippen LogP contribution >= 0.6 is 0 Å². The van der Waals surface area contributed by atoms with Gasteiger partial charge in [0.1, 0.15) is 11.6 Å². The van der Waals surface area contributed by atoms with Gasteiger partial charge in [0.2, 0.25) is 0 Å². The molecule has 1 aromatic carbocycles. The topological polar surface area (TPSA) is 68.6 Å². The first kappa shape index (κ1) is 18.3. The van der Waals surface area contributed by atoms with E-state index >= 15 is 0 Å². The number of piperidine rings is 1. The summed E-state index contributed by atoms with van der Waals surface area (Å²) in [6.07, 6.45) is 3.54. The van der Waals surface area contributed by atoms with E-state index in [1.807, 2.05) is 24.3 Å². The molecule has 1 amide bonds. The van der Waals surface area contributed by atoms with E-state index in [0.717, 1.165) is 50.4 Å². The van der Waals surface area contributed by atoms with Gasteiger partial charge in [-0.15, -0.1) is 0 Å². The molecular weight excluding hydrogens is 328 g/mol. The number of nitrogens with one attached hydrogen (secondary N) is 1. The van der Waals surface area contributed by atoms with Gasteiger partial charge in [-0.25, -0.2) is 0 Å². The summed E-state index contributed by atoms with van der Waals surface area (Å²) in [7, 11) is 0. The van der Waals surface area contributed by atoms with E-state index in [-0.39, 0.29) is 11.5 Å². The summed E-state index contributed by atoms with van der Waals surface area (Å²) in [6.45, 7) is 6.73. The summed E-state index contributed by atoms with van der Waals surface area (Å²) < 4.78 is 5.42. The number of benzene rings is 1. The normalized spacial score (nSPS) is 19.2. The predicted molar refractivity (Wildman–Crippen MR) is 102 cm³/mol. The largest absolute Gasteiger partial charge is 0.378 e. The number of carbonyl (C=O) groups excluding carboxylic acids is 1. The van der Waals surface area contributed by atoms with Crippen molar-refractivity contribution in [3.63, 3.8) is 0 Å². The summed E-state index contributed by atoms with van der Waals surface area (Å²) >= 11 is 0. The Hall–Kier alpha value is -2.52. The Balaban J connectivity index is 1.71. The van der Waals surface area contributed by atoms with Gasteiger partial charge in [0.25, 0.3) is 5.91 Å². The number of anilines is 2. The van der Waals surface area contributed by atoms with Crippen LogP contribution < -0.4 is 10.2 Å². The molecule has 0 atom stereocenters. The quantitative estimate of drug-likeness (QED) is 0.665. The summed E-state index contributed by atoms with van der Waals surface area (Å²) in [5, 5.41) is 12.6. The molecule has 1 N–H and O–H groups in total. The third kappa shape index (κ3) is 4.36. The molecule has 2 saturated heterocycles. The van der Waals surface area contributed by atoms with Gasteiger partial charge in [-0.3, -0.25) is 4.79 Å². The molecule has 6 heteroatoms. The first-order valence-electron chi connectivity index (χ1n) is 9.27. The number of hydrogen-bond acceptors (Lipinski definition) is 5. The molecule has 1 aromatic rings. The Bertz CT molecular complexity index is 696. The Morgan fingerprint density at radius 3 is 2.62 bits per heavy atom. The molecule has 0 unspecified atom stereocenters. The number of hydrogen-bond donors (Lipinski definition) is 1. The minimum Gasteiger partial charge on any atom is -0.378 e. The second-order valence-corrected chi connectivity index (χ2v) is 6.91. The molecule has 2 aliphatic rings. The van der Waals surface area contributed by atoms with Crippen molar-refractivity contribution in [1.82, 2.24) is 4.90 Å². The van der Waals surface area contributed by atoms with E-state index in [2.05, 4.69) is 23.2 Å². The fraction of sp³-hybridized carbons (Fsp3) is 0.500. The number of nitriles is 1. The molecule has 0 aliphatic carbocycles. The lowest BCUT2D eigenvalue weighted by molar-refractivity contribution is -0.128. The summed E-state index contributed by atoms with van der Waals surface area (Å²) in [4.78, 5) is 16.6. The summed E-state index contributed by atoms with van der Waals surface area (Å²) in [5.41, 5.74) is 2.10. The van der Waals surface area contributed by atoms with Crippen LogP contribution in [0, 0.1) is 17.2 Å². The minimum absolute atomic E-state index is 0.149. The Labute approximate surface area is 155 Å². The average molecular weight is 354 g/mol. The lowest BCUT2D eigenvalue weighted by atomic mass is 9.99. The highest BCUT2D eigenvalue weighted by Gasteiger charge is 2.23. The molecule has 26 heavy (non-hydrogen) atoms. The van der Waals surface area contributed by atoms with Crippen molar-refractivity contribution in [3.05, 3.63) is 36.0 Å². The Morgan fingerprint density at radius 1 is 1.23 bits per heavy atom. The van der Waals surface area contributed by atoms with Crippen LogP contribution in [0.2, 0.25) is 0 Å². The van der Waals surface area contributed by atoms with E-state index < -0.39 is 0 Å². The van der Waals surface area contributed by atoms with Crippen molar-refractivity contribution in [2.45, 2.75) is 19.8 Å². The molecule has 0 aromatic heterocycles. The molecule has 0 radical (unpaired) electrons. The Morgan fingerprint density at radius 2 is 1.92 bits per heavy atom. The van der Waals surface area contributed by atoms with Gasteiger partial charge in [0, 0.05) is 32.4 Å². The van der Waals surface area contributed by atoms with Crippen LogP contribution in [0.1, 0.15) is 19.8 Å². The monoisotopic (exact) mass is 354 g/mol. The SMILES string of the molecule is CC1CCN(C(=O)/C(C#N)=C\Nc2ccccc2N2CCOCC2)CC1. The molecule has 2 fully saturated rings. The van der Waals surface area contributed by atoms with Crippen molar-refractivity contribution in [2.24, 2.45) is 5.92 Å². The molecule has 2 heterocycles. The summed E-state index contributed by atoms with van der Waals surface area (Å²) in [6, 6.07) is 9.99. The molecule has 6 nitrogen and oxygen atoms in total. The van der Waals surface area contributed by atoms with Crippen molar-refractivity contribution in [1.29, 1.82) is 5.26 Å². The molecule has 2 aliphatic heterocycles. The lowest BCUT2D eigenvalue weighted by Crippen LogP contribution is -2.38. The van der Waals surface area contributed by atoms with Gasteiger partial charge < -0.3 is 19.9 Å². The number of para-hydroxylation sites is 2. The van der Waals surface area contributed by atoms with Gasteiger partial charge >= 0.3 is 0 Å². The van der Waals surface area contributed by atoms with Gasteiger partial charge in [0.15, 0.2) is 0 Å². The molecule has 3 rings (SSSR count).